The Kier molecular flexibility index (Phi) is 4.04. The Morgan fingerprint density at radius 1 is 1.31 bits per heavy atom. The van der Waals surface area contributed by atoms with Gasteiger partial charge in [-0.3, -0.25) is 0 Å². The predicted molar refractivity (Wildman–Crippen MR) is 62.4 cm³/mol. The third-order valence-corrected chi connectivity index (χ3v) is 3.57. The maximum atomic E-state index is 12.1. The lowest BCUT2D eigenvalue weighted by Crippen LogP contribution is -2.48. The molecule has 2 fully saturated rings. The highest BCUT2D eigenvalue weighted by Gasteiger charge is 2.25. The van der Waals surface area contributed by atoms with Gasteiger partial charge in [-0.2, -0.15) is 0 Å². The lowest BCUT2D eigenvalue weighted by atomic mass is 10.1. The number of likely N-dealkylation sites (tertiary alicyclic amines) is 1. The summed E-state index contributed by atoms with van der Waals surface area (Å²) < 4.78 is 5.26. The number of carbonyl (C=O) groups excluding carboxylic acids is 1. The maximum absolute atomic E-state index is 12.1. The smallest absolute Gasteiger partial charge is 0.317 e. The molecule has 4 heteroatoms. The summed E-state index contributed by atoms with van der Waals surface area (Å²) >= 11 is 0. The summed E-state index contributed by atoms with van der Waals surface area (Å²) in [6.07, 6.45) is 5.72. The molecule has 2 atom stereocenters. The van der Waals surface area contributed by atoms with Crippen LogP contribution in [0, 0.1) is 0 Å². The Morgan fingerprint density at radius 2 is 2.19 bits per heavy atom. The van der Waals surface area contributed by atoms with Gasteiger partial charge in [-0.25, -0.2) is 4.79 Å². The van der Waals surface area contributed by atoms with Crippen molar-refractivity contribution in [1.82, 2.24) is 10.2 Å². The molecule has 92 valence electrons. The average molecular weight is 226 g/mol. The van der Waals surface area contributed by atoms with E-state index in [2.05, 4.69) is 12.2 Å². The molecular formula is C12H22N2O2. The van der Waals surface area contributed by atoms with E-state index in [1.165, 1.54) is 12.8 Å². The zero-order valence-electron chi connectivity index (χ0n) is 10.1. The molecule has 16 heavy (non-hydrogen) atoms. The Hall–Kier alpha value is -0.770. The second-order valence-electron chi connectivity index (χ2n) is 4.90. The van der Waals surface area contributed by atoms with Gasteiger partial charge in [-0.05, 0) is 26.2 Å². The van der Waals surface area contributed by atoms with Crippen LogP contribution in [-0.4, -0.2) is 42.8 Å². The lowest BCUT2D eigenvalue weighted by molar-refractivity contribution is 0.167. The van der Waals surface area contributed by atoms with Crippen LogP contribution >= 0.6 is 0 Å². The normalized spacial score (nSPS) is 31.2. The zero-order valence-corrected chi connectivity index (χ0v) is 10.1. The number of hydrogen-bond donors (Lipinski definition) is 1. The number of nitrogens with one attached hydrogen (secondary N) is 1. The first-order valence-corrected chi connectivity index (χ1v) is 6.42. The quantitative estimate of drug-likeness (QED) is 0.740. The van der Waals surface area contributed by atoms with Crippen LogP contribution in [0.15, 0.2) is 0 Å². The molecule has 2 aliphatic rings. The molecule has 4 nitrogen and oxygen atoms in total. The molecule has 0 spiro atoms. The van der Waals surface area contributed by atoms with Crippen molar-refractivity contribution in [3.8, 4) is 0 Å². The first-order valence-electron chi connectivity index (χ1n) is 6.42. The highest BCUT2D eigenvalue weighted by atomic mass is 16.5. The topological polar surface area (TPSA) is 41.6 Å². The summed E-state index contributed by atoms with van der Waals surface area (Å²) in [6, 6.07) is 0.706. The van der Waals surface area contributed by atoms with Gasteiger partial charge in [-0.15, -0.1) is 0 Å². The van der Waals surface area contributed by atoms with Crippen molar-refractivity contribution in [2.45, 2.75) is 51.1 Å². The monoisotopic (exact) mass is 226 g/mol. The van der Waals surface area contributed by atoms with E-state index in [0.717, 1.165) is 32.4 Å². The second-order valence-corrected chi connectivity index (χ2v) is 4.90. The number of urea groups is 1. The minimum absolute atomic E-state index is 0.102. The summed E-state index contributed by atoms with van der Waals surface area (Å²) in [5.74, 6) is 0. The number of carbonyl (C=O) groups is 1. The molecule has 0 bridgehead atoms. The Balaban J connectivity index is 1.85. The number of amides is 2. The molecule has 2 amide bonds. The summed E-state index contributed by atoms with van der Waals surface area (Å²) in [5.41, 5.74) is 0. The van der Waals surface area contributed by atoms with Gasteiger partial charge in [-0.1, -0.05) is 12.8 Å². The Morgan fingerprint density at radius 3 is 2.94 bits per heavy atom. The van der Waals surface area contributed by atoms with Gasteiger partial charge in [0.1, 0.15) is 0 Å². The molecule has 2 saturated heterocycles. The highest BCUT2D eigenvalue weighted by Crippen LogP contribution is 2.16. The highest BCUT2D eigenvalue weighted by molar-refractivity contribution is 5.75. The molecule has 0 aromatic carbocycles. The van der Waals surface area contributed by atoms with Gasteiger partial charge in [0.15, 0.2) is 0 Å². The Labute approximate surface area is 97.3 Å². The maximum Gasteiger partial charge on any atom is 0.317 e. The lowest BCUT2D eigenvalue weighted by Gasteiger charge is -2.28. The molecule has 2 unspecified atom stereocenters. The number of ether oxygens (including phenoxy) is 1. The molecule has 1 N–H and O–H groups in total. The summed E-state index contributed by atoms with van der Waals surface area (Å²) in [6.45, 7) is 4.51. The van der Waals surface area contributed by atoms with E-state index in [4.69, 9.17) is 4.74 Å². The molecule has 2 heterocycles. The van der Waals surface area contributed by atoms with Gasteiger partial charge < -0.3 is 15.0 Å². The van der Waals surface area contributed by atoms with Gasteiger partial charge in [0.05, 0.1) is 12.6 Å². The van der Waals surface area contributed by atoms with Crippen LogP contribution in [0.5, 0.6) is 0 Å². The van der Waals surface area contributed by atoms with Gasteiger partial charge in [0.2, 0.25) is 0 Å². The summed E-state index contributed by atoms with van der Waals surface area (Å²) in [7, 11) is 0. The Bertz CT molecular complexity index is 239. The number of hydrogen-bond acceptors (Lipinski definition) is 2. The SMILES string of the molecule is CC1CCCCCN1C(=O)NC1CCOC1. The van der Waals surface area contributed by atoms with Crippen molar-refractivity contribution in [1.29, 1.82) is 0 Å². The second kappa shape index (κ2) is 5.53. The average Bonchev–Trinajstić information content (AvgIpc) is 2.66. The van der Waals surface area contributed by atoms with E-state index in [9.17, 15) is 4.79 Å². The van der Waals surface area contributed by atoms with Gasteiger partial charge in [0.25, 0.3) is 0 Å². The van der Waals surface area contributed by atoms with E-state index in [-0.39, 0.29) is 12.1 Å². The third-order valence-electron chi connectivity index (χ3n) is 3.57. The van der Waals surface area contributed by atoms with Crippen LogP contribution in [0.2, 0.25) is 0 Å². The van der Waals surface area contributed by atoms with E-state index in [1.54, 1.807) is 0 Å². The number of nitrogens with zero attached hydrogens (tertiary/aromatic N) is 1. The molecule has 0 radical (unpaired) electrons. The standard InChI is InChI=1S/C12H22N2O2/c1-10-5-3-2-4-7-14(10)12(15)13-11-6-8-16-9-11/h10-11H,2-9H2,1H3,(H,13,15). The van der Waals surface area contributed by atoms with Gasteiger partial charge >= 0.3 is 6.03 Å². The molecular weight excluding hydrogens is 204 g/mol. The van der Waals surface area contributed by atoms with Crippen molar-refractivity contribution < 1.29 is 9.53 Å². The molecule has 0 aliphatic carbocycles. The van der Waals surface area contributed by atoms with Crippen molar-refractivity contribution in [3.05, 3.63) is 0 Å². The van der Waals surface area contributed by atoms with E-state index < -0.39 is 0 Å². The fourth-order valence-corrected chi connectivity index (χ4v) is 2.48. The van der Waals surface area contributed by atoms with Crippen molar-refractivity contribution in [2.24, 2.45) is 0 Å². The van der Waals surface area contributed by atoms with Crippen LogP contribution in [0.25, 0.3) is 0 Å². The number of rotatable bonds is 1. The van der Waals surface area contributed by atoms with Crippen LogP contribution in [0.1, 0.15) is 39.0 Å². The van der Waals surface area contributed by atoms with E-state index in [0.29, 0.717) is 12.6 Å². The van der Waals surface area contributed by atoms with Crippen LogP contribution in [0.4, 0.5) is 4.79 Å². The van der Waals surface area contributed by atoms with E-state index >= 15 is 0 Å². The molecule has 0 aromatic rings. The first-order chi connectivity index (χ1) is 7.77. The van der Waals surface area contributed by atoms with Crippen molar-refractivity contribution in [3.63, 3.8) is 0 Å². The minimum Gasteiger partial charge on any atom is -0.379 e. The fourth-order valence-electron chi connectivity index (χ4n) is 2.48. The summed E-state index contributed by atoms with van der Waals surface area (Å²) in [4.78, 5) is 14.1. The van der Waals surface area contributed by atoms with Crippen LogP contribution < -0.4 is 5.32 Å². The largest absolute Gasteiger partial charge is 0.379 e. The molecule has 2 rings (SSSR count). The van der Waals surface area contributed by atoms with Gasteiger partial charge in [0, 0.05) is 19.2 Å². The molecule has 0 saturated carbocycles. The zero-order chi connectivity index (χ0) is 11.4. The summed E-state index contributed by atoms with van der Waals surface area (Å²) in [5, 5.41) is 3.07. The first kappa shape index (κ1) is 11.7. The molecule has 2 aliphatic heterocycles. The minimum atomic E-state index is 0.102. The van der Waals surface area contributed by atoms with E-state index in [1.807, 2.05) is 4.90 Å². The van der Waals surface area contributed by atoms with Crippen LogP contribution in [-0.2, 0) is 4.74 Å². The fraction of sp³-hybridized carbons (Fsp3) is 0.917. The predicted octanol–water partition coefficient (Wildman–Crippen LogP) is 1.75. The molecule has 0 aromatic heterocycles. The van der Waals surface area contributed by atoms with Crippen LogP contribution in [0.3, 0.4) is 0 Å². The third kappa shape index (κ3) is 2.88. The van der Waals surface area contributed by atoms with Crippen molar-refractivity contribution in [2.75, 3.05) is 19.8 Å². The van der Waals surface area contributed by atoms with Crippen molar-refractivity contribution >= 4 is 6.03 Å².